The van der Waals surface area contributed by atoms with Crippen LogP contribution in [0.1, 0.15) is 39.0 Å². The lowest BCUT2D eigenvalue weighted by Gasteiger charge is -2.38. The Morgan fingerprint density at radius 2 is 1.76 bits per heavy atom. The molecule has 2 unspecified atom stereocenters. The summed E-state index contributed by atoms with van der Waals surface area (Å²) in [6, 6.07) is 5.81. The highest BCUT2D eigenvalue weighted by Gasteiger charge is 2.37. The summed E-state index contributed by atoms with van der Waals surface area (Å²) >= 11 is 7.16. The van der Waals surface area contributed by atoms with Crippen molar-refractivity contribution in [3.05, 3.63) is 29.3 Å². The van der Waals surface area contributed by atoms with Gasteiger partial charge >= 0.3 is 0 Å². The Morgan fingerprint density at radius 1 is 1.02 bits per heavy atom. The molecule has 0 aliphatic carbocycles. The number of piperazine rings is 1. The van der Waals surface area contributed by atoms with Crippen LogP contribution in [-0.2, 0) is 29.6 Å². The number of piperidine rings is 1. The second-order valence-corrected chi connectivity index (χ2v) is 16.8. The van der Waals surface area contributed by atoms with Crippen molar-refractivity contribution in [1.82, 2.24) is 23.7 Å². The Morgan fingerprint density at radius 3 is 2.50 bits per heavy atom. The molecule has 11 nitrogen and oxygen atoms in total. The molecular weight excluding hydrogens is 622 g/mol. The van der Waals surface area contributed by atoms with Gasteiger partial charge < -0.3 is 9.80 Å². The average Bonchev–Trinajstić information content (AvgIpc) is 3.58. The lowest BCUT2D eigenvalue weighted by molar-refractivity contribution is -0.143. The smallest absolute Gasteiger partial charge is 0.250 e. The summed E-state index contributed by atoms with van der Waals surface area (Å²) in [5.41, 5.74) is 0. The molecule has 3 fully saturated rings. The number of likely N-dealkylation sites (tertiary alicyclic amines) is 2. The molecule has 232 valence electrons. The van der Waals surface area contributed by atoms with Crippen LogP contribution in [-0.4, -0.2) is 118 Å². The Kier molecular flexibility index (Phi) is 9.82. The maximum absolute atomic E-state index is 13.4. The molecule has 1 aromatic carbocycles. The van der Waals surface area contributed by atoms with E-state index in [-0.39, 0.29) is 34.4 Å². The second kappa shape index (κ2) is 13.0. The quantitative estimate of drug-likeness (QED) is 0.414. The highest BCUT2D eigenvalue weighted by molar-refractivity contribution is 7.91. The van der Waals surface area contributed by atoms with Gasteiger partial charge in [-0.2, -0.15) is 9.03 Å². The van der Waals surface area contributed by atoms with Crippen molar-refractivity contribution in [2.75, 3.05) is 58.1 Å². The molecule has 1 aromatic heterocycles. The minimum atomic E-state index is -3.94. The number of hydrogen-bond acceptors (Lipinski definition) is 8. The number of nitrogens with zero attached hydrogens (tertiary/aromatic N) is 4. The zero-order chi connectivity index (χ0) is 30.1. The molecule has 2 atom stereocenters. The molecular formula is C27H38ClN5O6S3. The molecule has 1 N–H and O–H groups in total. The van der Waals surface area contributed by atoms with E-state index >= 15 is 0 Å². The molecule has 2 aromatic rings. The van der Waals surface area contributed by atoms with Crippen LogP contribution in [0.4, 0.5) is 0 Å². The van der Waals surface area contributed by atoms with Crippen molar-refractivity contribution < 1.29 is 26.4 Å². The van der Waals surface area contributed by atoms with Crippen LogP contribution in [0.25, 0.3) is 10.1 Å². The molecule has 0 spiro atoms. The van der Waals surface area contributed by atoms with Crippen molar-refractivity contribution in [2.45, 2.75) is 55.3 Å². The van der Waals surface area contributed by atoms with E-state index in [1.165, 1.54) is 4.90 Å². The average molecular weight is 660 g/mol. The number of halogens is 1. The lowest BCUT2D eigenvalue weighted by atomic mass is 10.1. The van der Waals surface area contributed by atoms with E-state index < -0.39 is 26.1 Å². The number of fused-ring (bicyclic) bond motifs is 1. The van der Waals surface area contributed by atoms with Gasteiger partial charge in [-0.3, -0.25) is 14.5 Å². The minimum Gasteiger partial charge on any atom is -0.337 e. The van der Waals surface area contributed by atoms with Crippen molar-refractivity contribution in [1.29, 1.82) is 0 Å². The number of benzene rings is 1. The molecule has 0 saturated carbocycles. The molecule has 0 radical (unpaired) electrons. The third-order valence-corrected chi connectivity index (χ3v) is 13.6. The Labute approximate surface area is 256 Å². The third-order valence-electron chi connectivity index (χ3n) is 8.23. The highest BCUT2D eigenvalue weighted by Crippen LogP contribution is 2.31. The number of carbonyl (C=O) groups is 2. The molecule has 5 rings (SSSR count). The molecule has 3 aliphatic rings. The molecule has 3 saturated heterocycles. The maximum atomic E-state index is 13.4. The van der Waals surface area contributed by atoms with Gasteiger partial charge in [0.15, 0.2) is 0 Å². The van der Waals surface area contributed by atoms with Crippen LogP contribution in [0.5, 0.6) is 0 Å². The summed E-state index contributed by atoms with van der Waals surface area (Å²) in [5, 5.41) is 1.24. The topological polar surface area (TPSA) is 127 Å². The predicted molar refractivity (Wildman–Crippen MR) is 164 cm³/mol. The fraction of sp³-hybridized carbons (Fsp3) is 0.630. The summed E-state index contributed by atoms with van der Waals surface area (Å²) in [7, 11) is -7.15. The SMILES string of the molecule is CCCS(=O)(=O)N1CCN(CC2CCCN2C(=O)CN2CCCC(NS(=O)(=O)c3cc4cc(Cl)ccc4s3)C2=O)CC1. The number of nitrogens with one attached hydrogen (secondary N) is 1. The Bertz CT molecular complexity index is 1520. The van der Waals surface area contributed by atoms with Crippen molar-refractivity contribution in [2.24, 2.45) is 0 Å². The van der Waals surface area contributed by atoms with Gasteiger partial charge in [0.1, 0.15) is 10.3 Å². The van der Waals surface area contributed by atoms with Crippen LogP contribution in [0.2, 0.25) is 5.02 Å². The summed E-state index contributed by atoms with van der Waals surface area (Å²) < 4.78 is 56.1. The van der Waals surface area contributed by atoms with Crippen molar-refractivity contribution in [3.63, 3.8) is 0 Å². The summed E-state index contributed by atoms with van der Waals surface area (Å²) in [4.78, 5) is 32.2. The number of sulfonamides is 2. The Hall–Kier alpha value is -1.81. The van der Waals surface area contributed by atoms with Crippen LogP contribution in [0.15, 0.2) is 28.5 Å². The van der Waals surface area contributed by atoms with Crippen LogP contribution < -0.4 is 4.72 Å². The lowest BCUT2D eigenvalue weighted by Crippen LogP contribution is -2.56. The molecule has 42 heavy (non-hydrogen) atoms. The number of thiophene rings is 1. The van der Waals surface area contributed by atoms with E-state index in [9.17, 15) is 26.4 Å². The number of rotatable bonds is 10. The van der Waals surface area contributed by atoms with E-state index in [0.29, 0.717) is 70.1 Å². The zero-order valence-electron chi connectivity index (χ0n) is 23.7. The van der Waals surface area contributed by atoms with E-state index in [1.54, 1.807) is 28.6 Å². The second-order valence-electron chi connectivity index (χ2n) is 11.2. The predicted octanol–water partition coefficient (Wildman–Crippen LogP) is 2.17. The molecule has 2 amide bonds. The third kappa shape index (κ3) is 7.11. The first-order valence-corrected chi connectivity index (χ1v) is 18.8. The minimum absolute atomic E-state index is 0.00644. The molecule has 3 aliphatic heterocycles. The fourth-order valence-corrected chi connectivity index (χ4v) is 10.4. The van der Waals surface area contributed by atoms with Gasteiger partial charge in [0.05, 0.1) is 12.3 Å². The first-order chi connectivity index (χ1) is 20.0. The number of carbonyl (C=O) groups excluding carboxylic acids is 2. The van der Waals surface area contributed by atoms with E-state index in [2.05, 4.69) is 9.62 Å². The fourth-order valence-electron chi connectivity index (χ4n) is 6.06. The van der Waals surface area contributed by atoms with Crippen LogP contribution in [0, 0.1) is 0 Å². The van der Waals surface area contributed by atoms with E-state index in [0.717, 1.165) is 34.3 Å². The summed E-state index contributed by atoms with van der Waals surface area (Å²) in [5.74, 6) is -0.363. The standard InChI is InChI=1S/C27H38ClN5O6S3/c1-2-15-41(36,37)32-13-11-30(12-14-32)18-22-5-3-10-33(22)25(34)19-31-9-4-6-23(27(31)35)29-42(38,39)26-17-20-16-21(28)7-8-24(20)40-26/h7-8,16-17,22-23,29H,2-6,9-15,18-19H2,1H3. The van der Waals surface area contributed by atoms with Gasteiger partial charge in [-0.1, -0.05) is 18.5 Å². The zero-order valence-corrected chi connectivity index (χ0v) is 26.9. The van der Waals surface area contributed by atoms with Gasteiger partial charge in [-0.25, -0.2) is 16.8 Å². The van der Waals surface area contributed by atoms with Crippen LogP contribution >= 0.6 is 22.9 Å². The number of hydrogen-bond donors (Lipinski definition) is 1. The normalized spacial score (nSPS) is 23.2. The van der Waals surface area contributed by atoms with Crippen molar-refractivity contribution >= 4 is 64.9 Å². The largest absolute Gasteiger partial charge is 0.337 e. The summed E-state index contributed by atoms with van der Waals surface area (Å²) in [6.07, 6.45) is 3.28. The maximum Gasteiger partial charge on any atom is 0.250 e. The first-order valence-electron chi connectivity index (χ1n) is 14.5. The Balaban J connectivity index is 1.16. The van der Waals surface area contributed by atoms with Crippen LogP contribution in [0.3, 0.4) is 0 Å². The number of amides is 2. The highest BCUT2D eigenvalue weighted by atomic mass is 35.5. The van der Waals surface area contributed by atoms with Gasteiger partial charge in [0.25, 0.3) is 10.0 Å². The summed E-state index contributed by atoms with van der Waals surface area (Å²) in [6.45, 7) is 5.62. The van der Waals surface area contributed by atoms with E-state index in [1.807, 2.05) is 11.8 Å². The molecule has 15 heteroatoms. The van der Waals surface area contributed by atoms with Crippen molar-refractivity contribution in [3.8, 4) is 0 Å². The monoisotopic (exact) mass is 659 g/mol. The van der Waals surface area contributed by atoms with E-state index in [4.69, 9.17) is 11.6 Å². The van der Waals surface area contributed by atoms with Gasteiger partial charge in [-0.15, -0.1) is 11.3 Å². The molecule has 4 heterocycles. The first kappa shape index (κ1) is 31.6. The molecule has 0 bridgehead atoms. The van der Waals surface area contributed by atoms with Gasteiger partial charge in [0, 0.05) is 61.6 Å². The van der Waals surface area contributed by atoms with Gasteiger partial charge in [0.2, 0.25) is 21.8 Å². The van der Waals surface area contributed by atoms with Gasteiger partial charge in [-0.05, 0) is 61.8 Å².